The molecule has 4 nitrogen and oxygen atoms in total. The van der Waals surface area contributed by atoms with Crippen LogP contribution in [-0.2, 0) is 6.54 Å². The van der Waals surface area contributed by atoms with Gasteiger partial charge in [0.15, 0.2) is 5.96 Å². The first-order chi connectivity index (χ1) is 5.70. The molecular weight excluding hydrogens is 152 g/mol. The highest BCUT2D eigenvalue weighted by Gasteiger charge is 2.00. The Hall–Kier alpha value is -1.58. The number of hydrogen-bond donors (Lipinski definition) is 2. The summed E-state index contributed by atoms with van der Waals surface area (Å²) < 4.78 is 0. The van der Waals surface area contributed by atoms with E-state index >= 15 is 0 Å². The second-order valence-electron chi connectivity index (χ2n) is 2.56. The molecule has 0 amide bonds. The third-order valence-electron chi connectivity index (χ3n) is 1.54. The minimum absolute atomic E-state index is 0.0562. The molecule has 0 spiro atoms. The van der Waals surface area contributed by atoms with Gasteiger partial charge in [-0.2, -0.15) is 0 Å². The SMILES string of the molecule is CN(Cc1ccccn1)C(=N)N. The van der Waals surface area contributed by atoms with Gasteiger partial charge in [-0.1, -0.05) is 6.07 Å². The Kier molecular flexibility index (Phi) is 2.63. The molecule has 12 heavy (non-hydrogen) atoms. The van der Waals surface area contributed by atoms with Gasteiger partial charge in [-0.05, 0) is 12.1 Å². The van der Waals surface area contributed by atoms with Crippen LogP contribution in [0.5, 0.6) is 0 Å². The van der Waals surface area contributed by atoms with E-state index in [9.17, 15) is 0 Å². The molecule has 1 aromatic heterocycles. The fourth-order valence-electron chi connectivity index (χ4n) is 0.820. The van der Waals surface area contributed by atoms with E-state index in [4.69, 9.17) is 11.1 Å². The molecule has 4 heteroatoms. The molecule has 0 aliphatic rings. The average molecular weight is 164 g/mol. The predicted molar refractivity (Wildman–Crippen MR) is 47.6 cm³/mol. The Morgan fingerprint density at radius 2 is 2.42 bits per heavy atom. The fraction of sp³-hybridized carbons (Fsp3) is 0.250. The van der Waals surface area contributed by atoms with Crippen molar-refractivity contribution in [2.75, 3.05) is 7.05 Å². The van der Waals surface area contributed by atoms with Crippen LogP contribution in [0.3, 0.4) is 0 Å². The van der Waals surface area contributed by atoms with Gasteiger partial charge in [-0.25, -0.2) is 0 Å². The number of rotatable bonds is 2. The molecule has 0 saturated heterocycles. The van der Waals surface area contributed by atoms with Gasteiger partial charge in [0, 0.05) is 13.2 Å². The molecule has 0 fully saturated rings. The lowest BCUT2D eigenvalue weighted by Crippen LogP contribution is -2.32. The number of nitrogens with zero attached hydrogens (tertiary/aromatic N) is 2. The number of aromatic nitrogens is 1. The van der Waals surface area contributed by atoms with Gasteiger partial charge >= 0.3 is 0 Å². The van der Waals surface area contributed by atoms with Gasteiger partial charge in [0.1, 0.15) is 0 Å². The Labute approximate surface area is 71.5 Å². The molecule has 1 aromatic rings. The lowest BCUT2D eigenvalue weighted by molar-refractivity contribution is 0.483. The highest BCUT2D eigenvalue weighted by Crippen LogP contribution is 1.96. The van der Waals surface area contributed by atoms with E-state index in [2.05, 4.69) is 4.98 Å². The average Bonchev–Trinajstić information content (AvgIpc) is 2.06. The Morgan fingerprint density at radius 3 is 2.92 bits per heavy atom. The number of nitrogens with one attached hydrogen (secondary N) is 1. The van der Waals surface area contributed by atoms with Gasteiger partial charge in [0.2, 0.25) is 0 Å². The molecule has 0 saturated carbocycles. The lowest BCUT2D eigenvalue weighted by atomic mass is 10.3. The summed E-state index contributed by atoms with van der Waals surface area (Å²) in [7, 11) is 1.76. The Morgan fingerprint density at radius 1 is 1.67 bits per heavy atom. The van der Waals surface area contributed by atoms with Crippen LogP contribution in [0.15, 0.2) is 24.4 Å². The van der Waals surface area contributed by atoms with Crippen LogP contribution in [0, 0.1) is 5.41 Å². The van der Waals surface area contributed by atoms with Crippen molar-refractivity contribution in [1.29, 1.82) is 5.41 Å². The van der Waals surface area contributed by atoms with E-state index in [0.717, 1.165) is 5.69 Å². The van der Waals surface area contributed by atoms with Gasteiger partial charge < -0.3 is 10.6 Å². The highest BCUT2D eigenvalue weighted by molar-refractivity contribution is 5.74. The van der Waals surface area contributed by atoms with Crippen molar-refractivity contribution in [2.24, 2.45) is 5.73 Å². The monoisotopic (exact) mass is 164 g/mol. The van der Waals surface area contributed by atoms with Crippen molar-refractivity contribution < 1.29 is 0 Å². The molecule has 0 aliphatic heterocycles. The van der Waals surface area contributed by atoms with Crippen LogP contribution in [0.4, 0.5) is 0 Å². The maximum absolute atomic E-state index is 7.13. The van der Waals surface area contributed by atoms with Crippen LogP contribution in [-0.4, -0.2) is 22.9 Å². The first-order valence-corrected chi connectivity index (χ1v) is 3.65. The van der Waals surface area contributed by atoms with Crippen molar-refractivity contribution in [2.45, 2.75) is 6.54 Å². The summed E-state index contributed by atoms with van der Waals surface area (Å²) in [5.74, 6) is 0.0562. The van der Waals surface area contributed by atoms with Gasteiger partial charge in [0.05, 0.1) is 12.2 Å². The standard InChI is InChI=1S/C8H12N4/c1-12(8(9)10)6-7-4-2-3-5-11-7/h2-5H,6H2,1H3,(H3,9,10). The van der Waals surface area contributed by atoms with Crippen LogP contribution in [0.1, 0.15) is 5.69 Å². The zero-order chi connectivity index (χ0) is 8.97. The summed E-state index contributed by atoms with van der Waals surface area (Å²) in [5, 5.41) is 7.13. The first kappa shape index (κ1) is 8.52. The summed E-state index contributed by atoms with van der Waals surface area (Å²) in [6.45, 7) is 0.580. The van der Waals surface area contributed by atoms with Crippen LogP contribution >= 0.6 is 0 Å². The van der Waals surface area contributed by atoms with Crippen molar-refractivity contribution in [3.05, 3.63) is 30.1 Å². The highest BCUT2D eigenvalue weighted by atomic mass is 15.2. The summed E-state index contributed by atoms with van der Waals surface area (Å²) in [6, 6.07) is 5.67. The van der Waals surface area contributed by atoms with E-state index in [0.29, 0.717) is 6.54 Å². The molecule has 1 heterocycles. The second kappa shape index (κ2) is 3.71. The molecule has 1 rings (SSSR count). The third kappa shape index (κ3) is 2.23. The van der Waals surface area contributed by atoms with Gasteiger partial charge in [-0.3, -0.25) is 10.4 Å². The summed E-state index contributed by atoms with van der Waals surface area (Å²) in [6.07, 6.45) is 1.73. The van der Waals surface area contributed by atoms with Crippen LogP contribution in [0.25, 0.3) is 0 Å². The van der Waals surface area contributed by atoms with E-state index in [-0.39, 0.29) is 5.96 Å². The number of hydrogen-bond acceptors (Lipinski definition) is 2. The van der Waals surface area contributed by atoms with Crippen LogP contribution < -0.4 is 5.73 Å². The third-order valence-corrected chi connectivity index (χ3v) is 1.54. The maximum atomic E-state index is 7.13. The largest absolute Gasteiger partial charge is 0.370 e. The minimum atomic E-state index is 0.0562. The molecule has 3 N–H and O–H groups in total. The van der Waals surface area contributed by atoms with Crippen molar-refractivity contribution in [3.63, 3.8) is 0 Å². The number of pyridine rings is 1. The van der Waals surface area contributed by atoms with Crippen molar-refractivity contribution in [3.8, 4) is 0 Å². The molecule has 64 valence electrons. The van der Waals surface area contributed by atoms with Gasteiger partial charge in [-0.15, -0.1) is 0 Å². The van der Waals surface area contributed by atoms with Gasteiger partial charge in [0.25, 0.3) is 0 Å². The number of guanidine groups is 1. The van der Waals surface area contributed by atoms with Crippen molar-refractivity contribution >= 4 is 5.96 Å². The predicted octanol–water partition coefficient (Wildman–Crippen LogP) is 0.407. The molecule has 0 radical (unpaired) electrons. The van der Waals surface area contributed by atoms with E-state index in [1.807, 2.05) is 18.2 Å². The fourth-order valence-corrected chi connectivity index (χ4v) is 0.820. The zero-order valence-electron chi connectivity index (χ0n) is 6.99. The quantitative estimate of drug-likeness (QED) is 0.491. The molecule has 0 unspecified atom stereocenters. The smallest absolute Gasteiger partial charge is 0.188 e. The van der Waals surface area contributed by atoms with E-state index in [1.165, 1.54) is 0 Å². The summed E-state index contributed by atoms with van der Waals surface area (Å²) in [5.41, 5.74) is 6.18. The first-order valence-electron chi connectivity index (χ1n) is 3.65. The topological polar surface area (TPSA) is 66.0 Å². The van der Waals surface area contributed by atoms with Crippen LogP contribution in [0.2, 0.25) is 0 Å². The Balaban J connectivity index is 2.58. The van der Waals surface area contributed by atoms with E-state index < -0.39 is 0 Å². The molecule has 0 aromatic carbocycles. The zero-order valence-corrected chi connectivity index (χ0v) is 6.99. The summed E-state index contributed by atoms with van der Waals surface area (Å²) in [4.78, 5) is 5.73. The lowest BCUT2D eigenvalue weighted by Gasteiger charge is -2.15. The minimum Gasteiger partial charge on any atom is -0.370 e. The maximum Gasteiger partial charge on any atom is 0.188 e. The number of nitrogens with two attached hydrogens (primary N) is 1. The summed E-state index contributed by atoms with van der Waals surface area (Å²) >= 11 is 0. The second-order valence-corrected chi connectivity index (χ2v) is 2.56. The van der Waals surface area contributed by atoms with E-state index in [1.54, 1.807) is 18.1 Å². The Bertz CT molecular complexity index is 257. The molecule has 0 bridgehead atoms. The molecular formula is C8H12N4. The normalized spacial score (nSPS) is 9.42. The molecule has 0 aliphatic carbocycles. The van der Waals surface area contributed by atoms with Crippen molar-refractivity contribution in [1.82, 2.24) is 9.88 Å². The molecule has 0 atom stereocenters.